The molecular weight excluding hydrogens is 182 g/mol. The van der Waals surface area contributed by atoms with E-state index in [1.54, 1.807) is 0 Å². The highest BCUT2D eigenvalue weighted by molar-refractivity contribution is 5.86. The summed E-state index contributed by atoms with van der Waals surface area (Å²) >= 11 is 0. The molecule has 0 aliphatic heterocycles. The minimum Gasteiger partial charge on any atom is -0.476 e. The molecule has 2 saturated carbocycles. The van der Waals surface area contributed by atoms with Crippen LogP contribution in [0.15, 0.2) is 0 Å². The number of H-pyrrole nitrogens is 1. The van der Waals surface area contributed by atoms with Crippen LogP contribution in [0.1, 0.15) is 41.4 Å². The highest BCUT2D eigenvalue weighted by Crippen LogP contribution is 2.57. The predicted molar refractivity (Wildman–Crippen MR) is 46.9 cm³/mol. The number of hydrogen-bond acceptors (Lipinski definition) is 3. The third-order valence-corrected chi connectivity index (χ3v) is 3.41. The number of nitrogens with zero attached hydrogens (tertiary/aromatic N) is 2. The number of rotatable bonds is 2. The van der Waals surface area contributed by atoms with Crippen LogP contribution in [0.5, 0.6) is 0 Å². The Bertz CT molecular complexity index is 377. The predicted octanol–water partition coefficient (Wildman–Crippen LogP) is 1.02. The number of nitrogens with one attached hydrogen (secondary N) is 1. The van der Waals surface area contributed by atoms with Gasteiger partial charge in [0, 0.05) is 5.92 Å². The zero-order valence-electron chi connectivity index (χ0n) is 7.60. The van der Waals surface area contributed by atoms with Crippen molar-refractivity contribution < 1.29 is 9.90 Å². The Kier molecular flexibility index (Phi) is 1.45. The lowest BCUT2D eigenvalue weighted by molar-refractivity contribution is 0.0688. The van der Waals surface area contributed by atoms with E-state index < -0.39 is 5.97 Å². The molecule has 2 atom stereocenters. The number of carboxylic acids is 1. The number of fused-ring (bicyclic) bond motifs is 1. The van der Waals surface area contributed by atoms with Crippen LogP contribution in [0, 0.1) is 11.8 Å². The summed E-state index contributed by atoms with van der Waals surface area (Å²) in [5.41, 5.74) is 0.765. The van der Waals surface area contributed by atoms with E-state index in [2.05, 4.69) is 15.4 Å². The van der Waals surface area contributed by atoms with Gasteiger partial charge in [0.25, 0.3) is 0 Å². The van der Waals surface area contributed by atoms with Gasteiger partial charge in [-0.25, -0.2) is 4.79 Å². The van der Waals surface area contributed by atoms with E-state index in [1.165, 1.54) is 6.42 Å². The van der Waals surface area contributed by atoms with Crippen molar-refractivity contribution in [3.8, 4) is 0 Å². The van der Waals surface area contributed by atoms with E-state index in [0.29, 0.717) is 11.6 Å². The van der Waals surface area contributed by atoms with E-state index in [-0.39, 0.29) is 5.69 Å². The molecule has 2 unspecified atom stereocenters. The Morgan fingerprint density at radius 1 is 1.29 bits per heavy atom. The third kappa shape index (κ3) is 1.05. The van der Waals surface area contributed by atoms with Crippen molar-refractivity contribution in [3.63, 3.8) is 0 Å². The second-order valence-electron chi connectivity index (χ2n) is 4.29. The maximum absolute atomic E-state index is 10.8. The molecule has 2 N–H and O–H groups in total. The monoisotopic (exact) mass is 193 g/mol. The fourth-order valence-electron chi connectivity index (χ4n) is 2.62. The molecule has 1 heterocycles. The Hall–Kier alpha value is -1.39. The molecule has 1 aromatic heterocycles. The molecule has 3 rings (SSSR count). The fraction of sp³-hybridized carbons (Fsp3) is 0.667. The average Bonchev–Trinajstić information content (AvgIpc) is 2.69. The lowest BCUT2D eigenvalue weighted by atomic mass is 9.98. The second kappa shape index (κ2) is 2.56. The largest absolute Gasteiger partial charge is 0.476 e. The number of aromatic amines is 1. The standard InChI is InChI=1S/C9H11N3O2/c13-9(14)8-7(10-12-11-8)6-2-4-1-5(4)3-6/h4-6H,1-3H2,(H,13,14)(H,10,11,12). The minimum atomic E-state index is -0.977. The number of carbonyl (C=O) groups is 1. The molecule has 0 spiro atoms. The summed E-state index contributed by atoms with van der Waals surface area (Å²) in [6.07, 6.45) is 3.52. The summed E-state index contributed by atoms with van der Waals surface area (Å²) in [6, 6.07) is 0. The molecule has 74 valence electrons. The third-order valence-electron chi connectivity index (χ3n) is 3.41. The van der Waals surface area contributed by atoms with Crippen LogP contribution >= 0.6 is 0 Å². The first kappa shape index (κ1) is 7.96. The van der Waals surface area contributed by atoms with Crippen LogP contribution in [0.2, 0.25) is 0 Å². The number of carboxylic acid groups (broad SMARTS) is 1. The van der Waals surface area contributed by atoms with Crippen LogP contribution in [0.4, 0.5) is 0 Å². The molecule has 1 aromatic rings. The highest BCUT2D eigenvalue weighted by Gasteiger charge is 2.47. The average molecular weight is 193 g/mol. The van der Waals surface area contributed by atoms with Crippen LogP contribution < -0.4 is 0 Å². The van der Waals surface area contributed by atoms with Crippen molar-refractivity contribution >= 4 is 5.97 Å². The first-order chi connectivity index (χ1) is 6.75. The van der Waals surface area contributed by atoms with Gasteiger partial charge in [-0.1, -0.05) is 0 Å². The highest BCUT2D eigenvalue weighted by atomic mass is 16.4. The maximum Gasteiger partial charge on any atom is 0.358 e. The van der Waals surface area contributed by atoms with Crippen molar-refractivity contribution in [2.75, 3.05) is 0 Å². The van der Waals surface area contributed by atoms with E-state index >= 15 is 0 Å². The van der Waals surface area contributed by atoms with E-state index in [9.17, 15) is 4.79 Å². The molecule has 5 nitrogen and oxygen atoms in total. The second-order valence-corrected chi connectivity index (χ2v) is 4.29. The Labute approximate surface area is 80.5 Å². The van der Waals surface area contributed by atoms with Crippen molar-refractivity contribution in [2.45, 2.75) is 25.2 Å². The molecule has 0 aromatic carbocycles. The fourth-order valence-corrected chi connectivity index (χ4v) is 2.62. The summed E-state index contributed by atoms with van der Waals surface area (Å²) in [5.74, 6) is 1.01. The smallest absolute Gasteiger partial charge is 0.358 e. The van der Waals surface area contributed by atoms with Crippen LogP contribution in [-0.2, 0) is 0 Å². The van der Waals surface area contributed by atoms with Gasteiger partial charge in [-0.3, -0.25) is 0 Å². The molecule has 2 aliphatic rings. The van der Waals surface area contributed by atoms with Gasteiger partial charge in [0.1, 0.15) is 5.69 Å². The van der Waals surface area contributed by atoms with Crippen LogP contribution in [-0.4, -0.2) is 26.5 Å². The maximum atomic E-state index is 10.8. The Morgan fingerprint density at radius 3 is 2.64 bits per heavy atom. The van der Waals surface area contributed by atoms with Gasteiger partial charge in [-0.15, -0.1) is 5.10 Å². The van der Waals surface area contributed by atoms with Gasteiger partial charge in [0.2, 0.25) is 0 Å². The van der Waals surface area contributed by atoms with E-state index in [1.807, 2.05) is 0 Å². The molecule has 5 heteroatoms. The normalized spacial score (nSPS) is 34.1. The molecule has 0 radical (unpaired) electrons. The van der Waals surface area contributed by atoms with Crippen molar-refractivity contribution in [2.24, 2.45) is 11.8 Å². The SMILES string of the molecule is O=C(O)c1n[nH]nc1C1CC2CC2C1. The van der Waals surface area contributed by atoms with Gasteiger partial charge in [-0.2, -0.15) is 10.3 Å². The van der Waals surface area contributed by atoms with Crippen LogP contribution in [0.3, 0.4) is 0 Å². The van der Waals surface area contributed by atoms with E-state index in [4.69, 9.17) is 5.11 Å². The summed E-state index contributed by atoms with van der Waals surface area (Å²) in [5, 5.41) is 18.9. The quantitative estimate of drug-likeness (QED) is 0.734. The Morgan fingerprint density at radius 2 is 2.00 bits per heavy atom. The molecule has 0 saturated heterocycles. The van der Waals surface area contributed by atoms with Crippen molar-refractivity contribution in [1.82, 2.24) is 15.4 Å². The number of hydrogen-bond donors (Lipinski definition) is 2. The lowest BCUT2D eigenvalue weighted by Gasteiger charge is -2.07. The summed E-state index contributed by atoms with van der Waals surface area (Å²) < 4.78 is 0. The van der Waals surface area contributed by atoms with Gasteiger partial charge in [0.15, 0.2) is 5.69 Å². The lowest BCUT2D eigenvalue weighted by Crippen LogP contribution is -2.06. The molecule has 2 aliphatic carbocycles. The summed E-state index contributed by atoms with van der Waals surface area (Å²) in [4.78, 5) is 10.8. The molecule has 0 bridgehead atoms. The number of aromatic carboxylic acids is 1. The van der Waals surface area contributed by atoms with Gasteiger partial charge in [0.05, 0.1) is 0 Å². The van der Waals surface area contributed by atoms with Gasteiger partial charge >= 0.3 is 5.97 Å². The molecule has 2 fully saturated rings. The zero-order chi connectivity index (χ0) is 9.71. The Balaban J connectivity index is 1.88. The molecule has 0 amide bonds. The first-order valence-electron chi connectivity index (χ1n) is 4.89. The van der Waals surface area contributed by atoms with Crippen molar-refractivity contribution in [1.29, 1.82) is 0 Å². The summed E-state index contributed by atoms with van der Waals surface area (Å²) in [6.45, 7) is 0. The van der Waals surface area contributed by atoms with E-state index in [0.717, 1.165) is 24.7 Å². The van der Waals surface area contributed by atoms with Crippen molar-refractivity contribution in [3.05, 3.63) is 11.4 Å². The summed E-state index contributed by atoms with van der Waals surface area (Å²) in [7, 11) is 0. The zero-order valence-corrected chi connectivity index (χ0v) is 7.60. The number of aromatic nitrogens is 3. The molecule has 14 heavy (non-hydrogen) atoms. The van der Waals surface area contributed by atoms with Gasteiger partial charge in [-0.05, 0) is 31.1 Å². The minimum absolute atomic E-state index is 0.108. The topological polar surface area (TPSA) is 78.9 Å². The molecular formula is C9H11N3O2. The first-order valence-corrected chi connectivity index (χ1v) is 4.89. The van der Waals surface area contributed by atoms with Crippen LogP contribution in [0.25, 0.3) is 0 Å². The van der Waals surface area contributed by atoms with Gasteiger partial charge < -0.3 is 5.11 Å².